The monoisotopic (exact) mass is 128 g/mol. The van der Waals surface area contributed by atoms with E-state index >= 15 is 0 Å². The van der Waals surface area contributed by atoms with Crippen molar-refractivity contribution in [1.82, 2.24) is 0 Å². The third-order valence-corrected chi connectivity index (χ3v) is 2.16. The number of hydrogen-bond acceptors (Lipinski definition) is 2. The maximum absolute atomic E-state index is 9.77. The SMILES string of the molecule is CCC1(COC=O)CC1. The van der Waals surface area contributed by atoms with Crippen molar-refractivity contribution < 1.29 is 9.53 Å². The molecule has 0 spiro atoms. The molecule has 0 atom stereocenters. The van der Waals surface area contributed by atoms with Gasteiger partial charge in [0.25, 0.3) is 6.47 Å². The number of carbonyl (C=O) groups is 1. The lowest BCUT2D eigenvalue weighted by Crippen LogP contribution is -2.07. The summed E-state index contributed by atoms with van der Waals surface area (Å²) in [4.78, 5) is 9.77. The predicted molar refractivity (Wildman–Crippen MR) is 34.0 cm³/mol. The second-order valence-electron chi connectivity index (χ2n) is 2.76. The van der Waals surface area contributed by atoms with E-state index in [-0.39, 0.29) is 0 Å². The summed E-state index contributed by atoms with van der Waals surface area (Å²) in [5.41, 5.74) is 0.390. The first-order valence-corrected chi connectivity index (χ1v) is 3.38. The Kier molecular flexibility index (Phi) is 1.74. The molecule has 0 aliphatic heterocycles. The Morgan fingerprint density at radius 2 is 2.33 bits per heavy atom. The normalized spacial score (nSPS) is 21.0. The molecule has 1 aliphatic carbocycles. The van der Waals surface area contributed by atoms with Gasteiger partial charge in [-0.3, -0.25) is 4.79 Å². The van der Waals surface area contributed by atoms with Gasteiger partial charge in [0.1, 0.15) is 0 Å². The van der Waals surface area contributed by atoms with Gasteiger partial charge in [-0.15, -0.1) is 0 Å². The predicted octanol–water partition coefficient (Wildman–Crippen LogP) is 1.35. The van der Waals surface area contributed by atoms with Crippen LogP contribution in [0.2, 0.25) is 0 Å². The molecule has 2 nitrogen and oxygen atoms in total. The van der Waals surface area contributed by atoms with Crippen LogP contribution in [0.4, 0.5) is 0 Å². The van der Waals surface area contributed by atoms with Crippen LogP contribution >= 0.6 is 0 Å². The largest absolute Gasteiger partial charge is 0.467 e. The summed E-state index contributed by atoms with van der Waals surface area (Å²) in [7, 11) is 0. The van der Waals surface area contributed by atoms with Gasteiger partial charge >= 0.3 is 0 Å². The van der Waals surface area contributed by atoms with Crippen molar-refractivity contribution in [2.24, 2.45) is 5.41 Å². The van der Waals surface area contributed by atoms with Crippen LogP contribution < -0.4 is 0 Å². The van der Waals surface area contributed by atoms with Gasteiger partial charge in [0, 0.05) is 5.41 Å². The molecule has 1 saturated carbocycles. The molecule has 0 unspecified atom stereocenters. The van der Waals surface area contributed by atoms with Crippen LogP contribution in [0.15, 0.2) is 0 Å². The summed E-state index contributed by atoms with van der Waals surface area (Å²) in [6.45, 7) is 3.31. The molecule has 0 bridgehead atoms. The van der Waals surface area contributed by atoms with E-state index < -0.39 is 0 Å². The van der Waals surface area contributed by atoms with E-state index in [0.717, 1.165) is 6.42 Å². The van der Waals surface area contributed by atoms with E-state index in [1.54, 1.807) is 0 Å². The molecule has 1 rings (SSSR count). The zero-order chi connectivity index (χ0) is 6.74. The molecule has 0 radical (unpaired) electrons. The van der Waals surface area contributed by atoms with E-state index in [9.17, 15) is 4.79 Å². The van der Waals surface area contributed by atoms with Crippen LogP contribution in [-0.4, -0.2) is 13.1 Å². The van der Waals surface area contributed by atoms with Gasteiger partial charge in [0.05, 0.1) is 6.61 Å². The highest BCUT2D eigenvalue weighted by atomic mass is 16.5. The van der Waals surface area contributed by atoms with Crippen molar-refractivity contribution >= 4 is 6.47 Å². The number of carbonyl (C=O) groups excluding carboxylic acids is 1. The number of rotatable bonds is 4. The summed E-state index contributed by atoms with van der Waals surface area (Å²) in [5.74, 6) is 0. The van der Waals surface area contributed by atoms with Crippen molar-refractivity contribution in [3.8, 4) is 0 Å². The Labute approximate surface area is 55.2 Å². The van der Waals surface area contributed by atoms with Gasteiger partial charge in [-0.1, -0.05) is 6.92 Å². The van der Waals surface area contributed by atoms with E-state index in [1.165, 1.54) is 12.8 Å². The molecule has 0 N–H and O–H groups in total. The van der Waals surface area contributed by atoms with Crippen LogP contribution in [0.25, 0.3) is 0 Å². The summed E-state index contributed by atoms with van der Waals surface area (Å²) in [6, 6.07) is 0. The molecule has 52 valence electrons. The van der Waals surface area contributed by atoms with Crippen LogP contribution in [0.1, 0.15) is 26.2 Å². The highest BCUT2D eigenvalue weighted by Gasteiger charge is 2.41. The average molecular weight is 128 g/mol. The van der Waals surface area contributed by atoms with Gasteiger partial charge in [-0.05, 0) is 19.3 Å². The van der Waals surface area contributed by atoms with Crippen LogP contribution in [0.3, 0.4) is 0 Å². The first-order valence-electron chi connectivity index (χ1n) is 3.38. The zero-order valence-corrected chi connectivity index (χ0v) is 5.72. The van der Waals surface area contributed by atoms with Gasteiger partial charge < -0.3 is 4.74 Å². The van der Waals surface area contributed by atoms with Gasteiger partial charge in [0.2, 0.25) is 0 Å². The molecular weight excluding hydrogens is 116 g/mol. The maximum atomic E-state index is 9.77. The van der Waals surface area contributed by atoms with Gasteiger partial charge in [-0.2, -0.15) is 0 Å². The van der Waals surface area contributed by atoms with E-state index in [0.29, 0.717) is 18.5 Å². The second kappa shape index (κ2) is 2.38. The molecule has 2 heteroatoms. The van der Waals surface area contributed by atoms with Crippen LogP contribution in [0.5, 0.6) is 0 Å². The minimum atomic E-state index is 0.390. The highest BCUT2D eigenvalue weighted by molar-refractivity contribution is 5.37. The third kappa shape index (κ3) is 1.44. The Morgan fingerprint density at radius 1 is 1.67 bits per heavy atom. The molecule has 0 heterocycles. The quantitative estimate of drug-likeness (QED) is 0.534. The van der Waals surface area contributed by atoms with Crippen molar-refractivity contribution in [3.05, 3.63) is 0 Å². The molecule has 0 aromatic carbocycles. The Bertz CT molecular complexity index is 105. The fourth-order valence-electron chi connectivity index (χ4n) is 0.988. The van der Waals surface area contributed by atoms with Crippen molar-refractivity contribution in [3.63, 3.8) is 0 Å². The molecule has 9 heavy (non-hydrogen) atoms. The van der Waals surface area contributed by atoms with Crippen LogP contribution in [0, 0.1) is 5.41 Å². The lowest BCUT2D eigenvalue weighted by atomic mass is 10.1. The van der Waals surface area contributed by atoms with Gasteiger partial charge in [0.15, 0.2) is 0 Å². The molecule has 0 saturated heterocycles. The second-order valence-corrected chi connectivity index (χ2v) is 2.76. The summed E-state index contributed by atoms with van der Waals surface area (Å²) in [5, 5.41) is 0. The fourth-order valence-corrected chi connectivity index (χ4v) is 0.988. The highest BCUT2D eigenvalue weighted by Crippen LogP contribution is 2.48. The third-order valence-electron chi connectivity index (χ3n) is 2.16. The minimum absolute atomic E-state index is 0.390. The topological polar surface area (TPSA) is 26.3 Å². The van der Waals surface area contributed by atoms with Gasteiger partial charge in [-0.25, -0.2) is 0 Å². The Morgan fingerprint density at radius 3 is 2.67 bits per heavy atom. The molecule has 0 amide bonds. The maximum Gasteiger partial charge on any atom is 0.293 e. The molecule has 1 aliphatic rings. The van der Waals surface area contributed by atoms with E-state index in [2.05, 4.69) is 11.7 Å². The average Bonchev–Trinajstić information content (AvgIpc) is 2.65. The molecule has 0 aromatic heterocycles. The molecular formula is C7H12O2. The molecule has 1 fully saturated rings. The smallest absolute Gasteiger partial charge is 0.293 e. The Balaban J connectivity index is 2.17. The lowest BCUT2D eigenvalue weighted by molar-refractivity contribution is -0.130. The Hall–Kier alpha value is -0.530. The summed E-state index contributed by atoms with van der Waals surface area (Å²) < 4.78 is 4.67. The summed E-state index contributed by atoms with van der Waals surface area (Å²) >= 11 is 0. The fraction of sp³-hybridized carbons (Fsp3) is 0.857. The zero-order valence-electron chi connectivity index (χ0n) is 5.72. The minimum Gasteiger partial charge on any atom is -0.467 e. The number of hydrogen-bond donors (Lipinski definition) is 0. The summed E-state index contributed by atoms with van der Waals surface area (Å²) in [6.07, 6.45) is 3.61. The lowest BCUT2D eigenvalue weighted by Gasteiger charge is -2.08. The van der Waals surface area contributed by atoms with Crippen molar-refractivity contribution in [1.29, 1.82) is 0 Å². The van der Waals surface area contributed by atoms with E-state index in [4.69, 9.17) is 0 Å². The number of ether oxygens (including phenoxy) is 1. The van der Waals surface area contributed by atoms with E-state index in [1.807, 2.05) is 0 Å². The first kappa shape index (κ1) is 6.59. The first-order chi connectivity index (χ1) is 4.33. The van der Waals surface area contributed by atoms with Crippen molar-refractivity contribution in [2.45, 2.75) is 26.2 Å². The molecule has 0 aromatic rings. The van der Waals surface area contributed by atoms with Crippen LogP contribution in [-0.2, 0) is 9.53 Å². The standard InChI is InChI=1S/C7H12O2/c1-2-7(3-4-7)5-9-6-8/h6H,2-5H2,1H3. The van der Waals surface area contributed by atoms with Crippen molar-refractivity contribution in [2.75, 3.05) is 6.61 Å².